The predicted molar refractivity (Wildman–Crippen MR) is 128 cm³/mol. The monoisotopic (exact) mass is 517 g/mol. The summed E-state index contributed by atoms with van der Waals surface area (Å²) in [6.45, 7) is 1.69. The zero-order chi connectivity index (χ0) is 25.2. The molecule has 0 spiro atoms. The molecule has 0 radical (unpaired) electrons. The van der Waals surface area contributed by atoms with Crippen molar-refractivity contribution in [2.24, 2.45) is 0 Å². The summed E-state index contributed by atoms with van der Waals surface area (Å²) in [7, 11) is -7.76. The molecule has 1 aliphatic heterocycles. The average Bonchev–Trinajstić information content (AvgIpc) is 3.28. The standard InChI is InChI=1S/C23H23N3O7S2/c1-16-14-19(25-32-16)15-26-23(27)21(22(35(26,30)31)18-6-4-3-5-7-18)24-13-12-17-8-10-20(11-9-17)33-34(2,28)29/h3-11,14,24H,12-13,15H2,1-2H3. The van der Waals surface area contributed by atoms with Crippen molar-refractivity contribution in [1.29, 1.82) is 0 Å². The molecule has 0 atom stereocenters. The number of aryl methyl sites for hydroxylation is 1. The highest BCUT2D eigenvalue weighted by Crippen LogP contribution is 2.35. The summed E-state index contributed by atoms with van der Waals surface area (Å²) in [5, 5.41) is 6.81. The Balaban J connectivity index is 1.56. The SMILES string of the molecule is Cc1cc(CN2C(=O)C(NCCc3ccc(OS(C)(=O)=O)cc3)=C(c3ccccc3)S2(=O)=O)no1. The van der Waals surface area contributed by atoms with Gasteiger partial charge in [0.05, 0.1) is 12.8 Å². The van der Waals surface area contributed by atoms with Gasteiger partial charge in [0, 0.05) is 12.6 Å². The highest BCUT2D eigenvalue weighted by molar-refractivity contribution is 7.99. The first kappa shape index (κ1) is 24.5. The maximum Gasteiger partial charge on any atom is 0.306 e. The van der Waals surface area contributed by atoms with Crippen molar-refractivity contribution in [3.8, 4) is 5.75 Å². The number of hydrogen-bond acceptors (Lipinski definition) is 9. The third kappa shape index (κ3) is 5.54. The molecule has 0 saturated heterocycles. The summed E-state index contributed by atoms with van der Waals surface area (Å²) in [5.41, 5.74) is 1.53. The van der Waals surface area contributed by atoms with Crippen molar-refractivity contribution in [2.45, 2.75) is 19.9 Å². The lowest BCUT2D eigenvalue weighted by Crippen LogP contribution is -2.33. The van der Waals surface area contributed by atoms with Crippen LogP contribution in [-0.4, -0.2) is 45.0 Å². The van der Waals surface area contributed by atoms with Crippen molar-refractivity contribution in [2.75, 3.05) is 12.8 Å². The maximum atomic E-state index is 13.4. The van der Waals surface area contributed by atoms with E-state index in [2.05, 4.69) is 10.5 Å². The number of sulfonamides is 1. The maximum absolute atomic E-state index is 13.4. The van der Waals surface area contributed by atoms with Crippen LogP contribution in [0, 0.1) is 6.92 Å². The summed E-state index contributed by atoms with van der Waals surface area (Å²) in [6.07, 6.45) is 1.41. The smallest absolute Gasteiger partial charge is 0.306 e. The Morgan fingerprint density at radius 2 is 1.77 bits per heavy atom. The third-order valence-corrected chi connectivity index (χ3v) is 7.45. The molecule has 2 heterocycles. The molecule has 0 aliphatic carbocycles. The average molecular weight is 518 g/mol. The van der Waals surface area contributed by atoms with E-state index in [0.29, 0.717) is 23.4 Å². The molecule has 0 fully saturated rings. The second-order valence-corrected chi connectivity index (χ2v) is 11.3. The predicted octanol–water partition coefficient (Wildman–Crippen LogP) is 2.19. The van der Waals surface area contributed by atoms with E-state index in [0.717, 1.165) is 16.1 Å². The molecule has 10 nitrogen and oxygen atoms in total. The zero-order valence-electron chi connectivity index (χ0n) is 19.0. The van der Waals surface area contributed by atoms with Gasteiger partial charge < -0.3 is 14.0 Å². The number of nitrogens with zero attached hydrogens (tertiary/aromatic N) is 2. The lowest BCUT2D eigenvalue weighted by Gasteiger charge is -2.14. The summed E-state index contributed by atoms with van der Waals surface area (Å²) in [5.74, 6) is 0.0158. The van der Waals surface area contributed by atoms with Gasteiger partial charge in [0.2, 0.25) is 0 Å². The van der Waals surface area contributed by atoms with Gasteiger partial charge in [-0.25, -0.2) is 12.7 Å². The van der Waals surface area contributed by atoms with Gasteiger partial charge in [0.25, 0.3) is 15.9 Å². The Morgan fingerprint density at radius 1 is 1.09 bits per heavy atom. The van der Waals surface area contributed by atoms with Crippen molar-refractivity contribution in [1.82, 2.24) is 14.8 Å². The molecule has 1 aromatic heterocycles. The largest absolute Gasteiger partial charge is 0.383 e. The van der Waals surface area contributed by atoms with E-state index < -0.39 is 26.0 Å². The van der Waals surface area contributed by atoms with E-state index in [1.807, 2.05) is 0 Å². The van der Waals surface area contributed by atoms with Crippen LogP contribution < -0.4 is 9.50 Å². The number of hydrogen-bond donors (Lipinski definition) is 1. The van der Waals surface area contributed by atoms with Crippen LogP contribution in [0.25, 0.3) is 4.91 Å². The van der Waals surface area contributed by atoms with Gasteiger partial charge >= 0.3 is 10.1 Å². The molecule has 0 bridgehead atoms. The van der Waals surface area contributed by atoms with Crippen LogP contribution in [0.4, 0.5) is 0 Å². The van der Waals surface area contributed by atoms with Crippen LogP contribution in [0.15, 0.2) is 70.9 Å². The molecule has 0 saturated carbocycles. The number of benzene rings is 2. The molecular weight excluding hydrogens is 494 g/mol. The van der Waals surface area contributed by atoms with E-state index in [-0.39, 0.29) is 29.4 Å². The lowest BCUT2D eigenvalue weighted by atomic mass is 10.1. The van der Waals surface area contributed by atoms with Gasteiger partial charge in [-0.05, 0) is 36.6 Å². The first-order valence-corrected chi connectivity index (χ1v) is 13.8. The van der Waals surface area contributed by atoms with Gasteiger partial charge in [-0.2, -0.15) is 8.42 Å². The van der Waals surface area contributed by atoms with Crippen LogP contribution in [0.5, 0.6) is 5.75 Å². The fourth-order valence-electron chi connectivity index (χ4n) is 3.62. The summed E-state index contributed by atoms with van der Waals surface area (Å²) in [6, 6.07) is 16.4. The lowest BCUT2D eigenvalue weighted by molar-refractivity contribution is -0.123. The van der Waals surface area contributed by atoms with Crippen LogP contribution in [0.1, 0.15) is 22.6 Å². The Bertz CT molecular complexity index is 1480. The Morgan fingerprint density at radius 3 is 2.37 bits per heavy atom. The van der Waals surface area contributed by atoms with Crippen LogP contribution in [-0.2, 0) is 37.9 Å². The Kier molecular flexibility index (Phi) is 6.68. The quantitative estimate of drug-likeness (QED) is 0.424. The zero-order valence-corrected chi connectivity index (χ0v) is 20.6. The highest BCUT2D eigenvalue weighted by atomic mass is 32.2. The molecule has 1 amide bonds. The number of carbonyl (C=O) groups is 1. The van der Waals surface area contributed by atoms with Crippen molar-refractivity contribution in [3.63, 3.8) is 0 Å². The first-order valence-electron chi connectivity index (χ1n) is 10.6. The molecular formula is C23H23N3O7S2. The van der Waals surface area contributed by atoms with Crippen molar-refractivity contribution in [3.05, 3.63) is 88.9 Å². The summed E-state index contributed by atoms with van der Waals surface area (Å²) in [4.78, 5) is 13.1. The van der Waals surface area contributed by atoms with Crippen LogP contribution in [0.3, 0.4) is 0 Å². The molecule has 35 heavy (non-hydrogen) atoms. The molecule has 1 aliphatic rings. The minimum Gasteiger partial charge on any atom is -0.383 e. The van der Waals surface area contributed by atoms with Crippen molar-refractivity contribution < 1.29 is 30.3 Å². The third-order valence-electron chi connectivity index (χ3n) is 5.12. The fraction of sp³-hybridized carbons (Fsp3) is 0.217. The van der Waals surface area contributed by atoms with Crippen molar-refractivity contribution >= 4 is 31.0 Å². The molecule has 184 valence electrons. The van der Waals surface area contributed by atoms with Crippen LogP contribution in [0.2, 0.25) is 0 Å². The van der Waals surface area contributed by atoms with Gasteiger partial charge in [0.15, 0.2) is 0 Å². The van der Waals surface area contributed by atoms with E-state index in [4.69, 9.17) is 8.71 Å². The van der Waals surface area contributed by atoms with Gasteiger partial charge in [-0.1, -0.05) is 47.6 Å². The fourth-order valence-corrected chi connectivity index (χ4v) is 5.77. The molecule has 3 aromatic rings. The topological polar surface area (TPSA) is 136 Å². The number of aromatic nitrogens is 1. The molecule has 0 unspecified atom stereocenters. The second kappa shape index (κ2) is 9.55. The number of carbonyl (C=O) groups excluding carboxylic acids is 1. The van der Waals surface area contributed by atoms with Gasteiger partial charge in [0.1, 0.15) is 27.8 Å². The number of nitrogens with one attached hydrogen (secondary N) is 1. The molecule has 4 rings (SSSR count). The van der Waals surface area contributed by atoms with E-state index in [1.165, 1.54) is 12.1 Å². The Hall–Kier alpha value is -3.64. The normalized spacial score (nSPS) is 15.5. The molecule has 12 heteroatoms. The summed E-state index contributed by atoms with van der Waals surface area (Å²) >= 11 is 0. The molecule has 1 N–H and O–H groups in total. The minimum absolute atomic E-state index is 0.0200. The van der Waals surface area contributed by atoms with E-state index in [9.17, 15) is 21.6 Å². The summed E-state index contributed by atoms with van der Waals surface area (Å²) < 4.78 is 59.9. The van der Waals surface area contributed by atoms with Gasteiger partial charge in [-0.3, -0.25) is 4.79 Å². The minimum atomic E-state index is -4.14. The van der Waals surface area contributed by atoms with Crippen LogP contribution >= 0.6 is 0 Å². The number of rotatable bonds is 9. The van der Waals surface area contributed by atoms with E-state index in [1.54, 1.807) is 55.5 Å². The Labute approximate surface area is 203 Å². The first-order chi connectivity index (χ1) is 16.5. The van der Waals surface area contributed by atoms with E-state index >= 15 is 0 Å². The van der Waals surface area contributed by atoms with Gasteiger partial charge in [-0.15, -0.1) is 0 Å². The highest BCUT2D eigenvalue weighted by Gasteiger charge is 2.44. The molecule has 2 aromatic carbocycles. The second-order valence-electron chi connectivity index (χ2n) is 7.92. The number of amides is 1.